The first kappa shape index (κ1) is 24.7. The van der Waals surface area contributed by atoms with Crippen LogP contribution in [0.25, 0.3) is 0 Å². The molecule has 1 fully saturated rings. The average molecular weight is 473 g/mol. The smallest absolute Gasteiger partial charge is 0.319 e. The van der Waals surface area contributed by atoms with Crippen molar-refractivity contribution < 1.29 is 18.0 Å². The fourth-order valence-corrected chi connectivity index (χ4v) is 5.27. The van der Waals surface area contributed by atoms with Crippen LogP contribution >= 0.6 is 0 Å². The Labute approximate surface area is 195 Å². The minimum absolute atomic E-state index is 0.154. The van der Waals surface area contributed by atoms with Crippen LogP contribution in [0.1, 0.15) is 38.7 Å². The van der Waals surface area contributed by atoms with Crippen LogP contribution in [-0.4, -0.2) is 43.8 Å². The Kier molecular flexibility index (Phi) is 8.10. The molecule has 2 aromatic carbocycles. The summed E-state index contributed by atoms with van der Waals surface area (Å²) in [7, 11) is -3.62. The molecule has 3 amide bonds. The Bertz CT molecular complexity index is 1080. The number of benzene rings is 2. The lowest BCUT2D eigenvalue weighted by Gasteiger charge is -2.26. The van der Waals surface area contributed by atoms with Crippen molar-refractivity contribution in [1.29, 1.82) is 0 Å². The number of carbonyl (C=O) groups excluding carboxylic acids is 2. The highest BCUT2D eigenvalue weighted by Gasteiger charge is 2.28. The molecule has 3 rings (SSSR count). The summed E-state index contributed by atoms with van der Waals surface area (Å²) in [6.07, 6.45) is 2.73. The van der Waals surface area contributed by atoms with Crippen LogP contribution < -0.4 is 16.0 Å². The third kappa shape index (κ3) is 6.33. The van der Waals surface area contributed by atoms with Crippen LogP contribution in [0.5, 0.6) is 0 Å². The fraction of sp³-hybridized carbons (Fsp3) is 0.417. The van der Waals surface area contributed by atoms with Crippen molar-refractivity contribution in [3.05, 3.63) is 54.1 Å². The maximum absolute atomic E-state index is 13.0. The first-order valence-corrected chi connectivity index (χ1v) is 12.7. The topological polar surface area (TPSA) is 108 Å². The number of sulfonamides is 1. The van der Waals surface area contributed by atoms with E-state index in [1.54, 1.807) is 43.3 Å². The highest BCUT2D eigenvalue weighted by Crippen LogP contribution is 2.25. The van der Waals surface area contributed by atoms with Crippen molar-refractivity contribution in [3.8, 4) is 0 Å². The van der Waals surface area contributed by atoms with Crippen LogP contribution in [0.2, 0.25) is 0 Å². The summed E-state index contributed by atoms with van der Waals surface area (Å²) in [5, 5.41) is 8.23. The summed E-state index contributed by atoms with van der Waals surface area (Å²) >= 11 is 0. The molecule has 178 valence electrons. The summed E-state index contributed by atoms with van der Waals surface area (Å²) < 4.78 is 27.6. The van der Waals surface area contributed by atoms with E-state index in [-0.39, 0.29) is 10.8 Å². The number of piperidine rings is 1. The van der Waals surface area contributed by atoms with E-state index in [2.05, 4.69) is 16.0 Å². The van der Waals surface area contributed by atoms with Gasteiger partial charge < -0.3 is 16.0 Å². The first-order chi connectivity index (χ1) is 15.7. The molecule has 0 spiro atoms. The zero-order valence-electron chi connectivity index (χ0n) is 19.3. The molecular formula is C24H32N4O4S. The maximum Gasteiger partial charge on any atom is 0.319 e. The number of nitrogens with zero attached hydrogens (tertiary/aromatic N) is 1. The number of hydrogen-bond acceptors (Lipinski definition) is 4. The van der Waals surface area contributed by atoms with E-state index >= 15 is 0 Å². The number of para-hydroxylation sites is 1. The first-order valence-electron chi connectivity index (χ1n) is 11.2. The van der Waals surface area contributed by atoms with Gasteiger partial charge in [-0.3, -0.25) is 4.79 Å². The number of carbonyl (C=O) groups is 2. The van der Waals surface area contributed by atoms with Crippen LogP contribution in [-0.2, 0) is 14.8 Å². The van der Waals surface area contributed by atoms with E-state index in [0.29, 0.717) is 24.5 Å². The molecule has 0 unspecified atom stereocenters. The molecule has 1 saturated heterocycles. The Balaban J connectivity index is 1.74. The van der Waals surface area contributed by atoms with Gasteiger partial charge in [-0.1, -0.05) is 44.5 Å². The van der Waals surface area contributed by atoms with Gasteiger partial charge in [-0.2, -0.15) is 4.31 Å². The molecule has 8 nitrogen and oxygen atoms in total. The summed E-state index contributed by atoms with van der Waals surface area (Å²) in [6.45, 7) is 6.47. The standard InChI is InChI=1S/C24H32N4O4S/c1-17(2)22(27-24(30)25-19-10-6-4-7-11-19)23(29)26-21-16-20(13-12-18(21)3)33(31,32)28-14-8-5-9-15-28/h4,6-7,10-13,16-17,22H,5,8-9,14-15H2,1-3H3,(H,26,29)(H2,25,27,30)/t22-/m1/s1. The molecule has 33 heavy (non-hydrogen) atoms. The molecule has 0 aromatic heterocycles. The Hall–Kier alpha value is -2.91. The van der Waals surface area contributed by atoms with E-state index in [1.807, 2.05) is 19.9 Å². The monoisotopic (exact) mass is 472 g/mol. The molecule has 1 heterocycles. The molecule has 0 radical (unpaired) electrons. The highest BCUT2D eigenvalue weighted by molar-refractivity contribution is 7.89. The molecular weight excluding hydrogens is 440 g/mol. The van der Waals surface area contributed by atoms with E-state index in [0.717, 1.165) is 24.8 Å². The van der Waals surface area contributed by atoms with Crippen LogP contribution in [0, 0.1) is 12.8 Å². The van der Waals surface area contributed by atoms with Crippen LogP contribution in [0.3, 0.4) is 0 Å². The van der Waals surface area contributed by atoms with E-state index in [4.69, 9.17) is 0 Å². The predicted molar refractivity (Wildman–Crippen MR) is 130 cm³/mol. The van der Waals surface area contributed by atoms with Crippen molar-refractivity contribution >= 4 is 33.3 Å². The minimum Gasteiger partial charge on any atom is -0.326 e. The number of rotatable bonds is 7. The largest absolute Gasteiger partial charge is 0.326 e. The van der Waals surface area contributed by atoms with Crippen LogP contribution in [0.15, 0.2) is 53.4 Å². The van der Waals surface area contributed by atoms with Gasteiger partial charge in [0.25, 0.3) is 0 Å². The van der Waals surface area contributed by atoms with Crippen molar-refractivity contribution in [1.82, 2.24) is 9.62 Å². The van der Waals surface area contributed by atoms with Gasteiger partial charge in [-0.05, 0) is 55.5 Å². The second-order valence-corrected chi connectivity index (χ2v) is 10.6. The van der Waals surface area contributed by atoms with Gasteiger partial charge in [0, 0.05) is 24.5 Å². The number of amides is 3. The summed E-state index contributed by atoms with van der Waals surface area (Å²) in [5.74, 6) is -0.601. The lowest BCUT2D eigenvalue weighted by molar-refractivity contribution is -0.118. The second-order valence-electron chi connectivity index (χ2n) is 8.62. The fourth-order valence-electron chi connectivity index (χ4n) is 3.73. The summed E-state index contributed by atoms with van der Waals surface area (Å²) in [5.41, 5.74) is 1.76. The molecule has 2 aromatic rings. The number of anilines is 2. The normalized spacial score (nSPS) is 15.6. The van der Waals surface area contributed by atoms with Gasteiger partial charge in [0.2, 0.25) is 15.9 Å². The van der Waals surface area contributed by atoms with Crippen LogP contribution in [0.4, 0.5) is 16.2 Å². The van der Waals surface area contributed by atoms with Crippen molar-refractivity contribution in [3.63, 3.8) is 0 Å². The quantitative estimate of drug-likeness (QED) is 0.567. The average Bonchev–Trinajstić information content (AvgIpc) is 2.79. The molecule has 1 atom stereocenters. The van der Waals surface area contributed by atoms with Gasteiger partial charge in [-0.15, -0.1) is 0 Å². The molecule has 1 aliphatic heterocycles. The van der Waals surface area contributed by atoms with E-state index in [9.17, 15) is 18.0 Å². The molecule has 0 saturated carbocycles. The third-order valence-corrected chi connectivity index (χ3v) is 7.58. The lowest BCUT2D eigenvalue weighted by atomic mass is 10.0. The van der Waals surface area contributed by atoms with Gasteiger partial charge >= 0.3 is 6.03 Å². The zero-order chi connectivity index (χ0) is 24.0. The number of nitrogens with one attached hydrogen (secondary N) is 3. The lowest BCUT2D eigenvalue weighted by Crippen LogP contribution is -2.48. The second kappa shape index (κ2) is 10.8. The van der Waals surface area contributed by atoms with Gasteiger partial charge in [0.05, 0.1) is 4.90 Å². The summed E-state index contributed by atoms with van der Waals surface area (Å²) in [4.78, 5) is 25.6. The Morgan fingerprint density at radius 3 is 2.24 bits per heavy atom. The maximum atomic E-state index is 13.0. The zero-order valence-corrected chi connectivity index (χ0v) is 20.1. The van der Waals surface area contributed by atoms with Gasteiger partial charge in [0.15, 0.2) is 0 Å². The number of urea groups is 1. The Morgan fingerprint density at radius 2 is 1.61 bits per heavy atom. The molecule has 0 aliphatic carbocycles. The van der Waals surface area contributed by atoms with E-state index < -0.39 is 28.0 Å². The van der Waals surface area contributed by atoms with Gasteiger partial charge in [0.1, 0.15) is 6.04 Å². The highest BCUT2D eigenvalue weighted by atomic mass is 32.2. The minimum atomic E-state index is -3.62. The third-order valence-electron chi connectivity index (χ3n) is 5.69. The van der Waals surface area contributed by atoms with Crippen molar-refractivity contribution in [2.75, 3.05) is 23.7 Å². The van der Waals surface area contributed by atoms with Crippen molar-refractivity contribution in [2.45, 2.75) is 51.0 Å². The SMILES string of the molecule is Cc1ccc(S(=O)(=O)N2CCCCC2)cc1NC(=O)[C@H](NC(=O)Nc1ccccc1)C(C)C. The number of hydrogen-bond donors (Lipinski definition) is 3. The van der Waals surface area contributed by atoms with Gasteiger partial charge in [-0.25, -0.2) is 13.2 Å². The molecule has 1 aliphatic rings. The predicted octanol–water partition coefficient (Wildman–Crippen LogP) is 3.95. The number of aryl methyl sites for hydroxylation is 1. The Morgan fingerprint density at radius 1 is 0.939 bits per heavy atom. The van der Waals surface area contributed by atoms with E-state index in [1.165, 1.54) is 10.4 Å². The molecule has 3 N–H and O–H groups in total. The summed E-state index contributed by atoms with van der Waals surface area (Å²) in [6, 6.07) is 12.4. The molecule has 0 bridgehead atoms. The van der Waals surface area contributed by atoms with Crippen molar-refractivity contribution in [2.24, 2.45) is 5.92 Å². The molecule has 9 heteroatoms.